The van der Waals surface area contributed by atoms with E-state index in [1.165, 1.54) is 6.42 Å². The van der Waals surface area contributed by atoms with Crippen LogP contribution >= 0.6 is 0 Å². The predicted molar refractivity (Wildman–Crippen MR) is 31.5 cm³/mol. The molecule has 1 rings (SSSR count). The molecule has 8 heavy (non-hydrogen) atoms. The van der Waals surface area contributed by atoms with Crippen molar-refractivity contribution in [2.45, 2.75) is 19.8 Å². The number of carbonyl (C=O) groups excluding carboxylic acids is 1. The average molecular weight is 113 g/mol. The molecule has 0 aliphatic carbocycles. The van der Waals surface area contributed by atoms with Crippen molar-refractivity contribution in [1.82, 2.24) is 4.90 Å². The summed E-state index contributed by atoms with van der Waals surface area (Å²) in [5, 5.41) is 0. The van der Waals surface area contributed by atoms with Crippen LogP contribution in [0.25, 0.3) is 0 Å². The van der Waals surface area contributed by atoms with E-state index in [-0.39, 0.29) is 0 Å². The van der Waals surface area contributed by atoms with Gasteiger partial charge < -0.3 is 4.90 Å². The Bertz CT molecular complexity index is 101. The molecular formula is C6H11NO. The van der Waals surface area contributed by atoms with Crippen molar-refractivity contribution >= 4 is 5.91 Å². The third kappa shape index (κ3) is 1.22. The fraction of sp³-hybridized carbons (Fsp3) is 0.833. The van der Waals surface area contributed by atoms with E-state index in [2.05, 4.69) is 6.92 Å². The van der Waals surface area contributed by atoms with Crippen molar-refractivity contribution in [2.75, 3.05) is 13.1 Å². The first-order chi connectivity index (χ1) is 3.84. The lowest BCUT2D eigenvalue weighted by Gasteiger charge is -1.93. The van der Waals surface area contributed by atoms with Crippen molar-refractivity contribution in [2.24, 2.45) is 0 Å². The molecule has 0 spiro atoms. The molecule has 1 aliphatic heterocycles. The number of nitrogens with zero attached hydrogens (tertiary/aromatic N) is 1. The number of hydrogen-bond donors (Lipinski definition) is 0. The van der Waals surface area contributed by atoms with Gasteiger partial charge in [0.25, 0.3) is 0 Å². The molecule has 0 saturated carbocycles. The lowest BCUT2D eigenvalue weighted by Crippen LogP contribution is -1.99. The number of carbonyl (C=O) groups is 1. The number of amides is 1. The summed E-state index contributed by atoms with van der Waals surface area (Å²) in [6, 6.07) is 0. The largest absolute Gasteiger partial charge is 0.332 e. The Kier molecular flexibility index (Phi) is 1.51. The summed E-state index contributed by atoms with van der Waals surface area (Å²) in [7, 11) is 0. The molecule has 1 amide bonds. The maximum Gasteiger partial charge on any atom is 0.242 e. The lowest BCUT2D eigenvalue weighted by molar-refractivity contribution is -0.113. The van der Waals surface area contributed by atoms with E-state index in [1.807, 2.05) is 4.90 Å². The first-order valence-electron chi connectivity index (χ1n) is 3.12. The van der Waals surface area contributed by atoms with Crippen LogP contribution in [0, 0.1) is 0 Å². The second-order valence-corrected chi connectivity index (χ2v) is 2.17. The maximum absolute atomic E-state index is 10.3. The van der Waals surface area contributed by atoms with Crippen LogP contribution in [-0.2, 0) is 4.79 Å². The highest BCUT2D eigenvalue weighted by molar-refractivity contribution is 5.92. The Morgan fingerprint density at radius 1 is 1.75 bits per heavy atom. The fourth-order valence-corrected chi connectivity index (χ4v) is 0.681. The molecule has 1 heterocycles. The highest BCUT2D eigenvalue weighted by atomic mass is 16.2. The van der Waals surface area contributed by atoms with Crippen LogP contribution in [0.1, 0.15) is 19.8 Å². The molecule has 0 atom stereocenters. The van der Waals surface area contributed by atoms with Crippen molar-refractivity contribution in [1.29, 1.82) is 0 Å². The van der Waals surface area contributed by atoms with Crippen LogP contribution in [0.5, 0.6) is 0 Å². The van der Waals surface area contributed by atoms with Gasteiger partial charge >= 0.3 is 0 Å². The van der Waals surface area contributed by atoms with Crippen LogP contribution in [0.4, 0.5) is 0 Å². The van der Waals surface area contributed by atoms with Gasteiger partial charge in [0.15, 0.2) is 0 Å². The first-order valence-corrected chi connectivity index (χ1v) is 3.12. The fourth-order valence-electron chi connectivity index (χ4n) is 0.681. The molecule has 0 bridgehead atoms. The smallest absolute Gasteiger partial charge is 0.242 e. The second-order valence-electron chi connectivity index (χ2n) is 2.17. The molecule has 1 aliphatic rings. The first kappa shape index (κ1) is 5.60. The number of hydrogen-bond acceptors (Lipinski definition) is 1. The Morgan fingerprint density at radius 3 is 2.75 bits per heavy atom. The van der Waals surface area contributed by atoms with Crippen LogP contribution in [0.2, 0.25) is 0 Å². The molecule has 0 radical (unpaired) electrons. The highest BCUT2D eigenvalue weighted by Crippen LogP contribution is 2.07. The summed E-state index contributed by atoms with van der Waals surface area (Å²) < 4.78 is 0. The van der Waals surface area contributed by atoms with Crippen LogP contribution in [0.15, 0.2) is 0 Å². The van der Waals surface area contributed by atoms with Crippen molar-refractivity contribution in [3.8, 4) is 0 Å². The summed E-state index contributed by atoms with van der Waals surface area (Å²) in [6.45, 7) is 3.82. The topological polar surface area (TPSA) is 20.1 Å². The zero-order valence-electron chi connectivity index (χ0n) is 5.18. The quantitative estimate of drug-likeness (QED) is 0.491. The van der Waals surface area contributed by atoms with E-state index in [4.69, 9.17) is 0 Å². The van der Waals surface area contributed by atoms with Gasteiger partial charge in [-0.05, 0) is 6.42 Å². The van der Waals surface area contributed by atoms with Gasteiger partial charge in [-0.2, -0.15) is 0 Å². The number of unbranched alkanes of at least 4 members (excludes halogenated alkanes) is 1. The van der Waals surface area contributed by atoms with Crippen molar-refractivity contribution < 1.29 is 4.79 Å². The second kappa shape index (κ2) is 2.16. The minimum Gasteiger partial charge on any atom is -0.332 e. The van der Waals surface area contributed by atoms with Gasteiger partial charge in [0.1, 0.15) is 0 Å². The summed E-state index contributed by atoms with van der Waals surface area (Å²) in [4.78, 5) is 12.2. The van der Waals surface area contributed by atoms with Gasteiger partial charge in [-0.25, -0.2) is 0 Å². The van der Waals surface area contributed by atoms with Crippen LogP contribution in [0.3, 0.4) is 0 Å². The minimum atomic E-state index is 0.318. The van der Waals surface area contributed by atoms with Crippen LogP contribution in [-0.4, -0.2) is 23.9 Å². The zero-order valence-corrected chi connectivity index (χ0v) is 5.18. The predicted octanol–water partition coefficient (Wildman–Crippen LogP) is 0.629. The van der Waals surface area contributed by atoms with Crippen LogP contribution < -0.4 is 0 Å². The van der Waals surface area contributed by atoms with E-state index in [1.54, 1.807) is 0 Å². The third-order valence-electron chi connectivity index (χ3n) is 1.36. The molecule has 46 valence electrons. The van der Waals surface area contributed by atoms with Gasteiger partial charge in [0.05, 0.1) is 6.54 Å². The zero-order chi connectivity index (χ0) is 5.98. The van der Waals surface area contributed by atoms with E-state index in [9.17, 15) is 4.79 Å². The molecule has 0 N–H and O–H groups in total. The number of rotatable bonds is 3. The Morgan fingerprint density at radius 2 is 2.38 bits per heavy atom. The molecule has 0 unspecified atom stereocenters. The standard InChI is InChI=1S/C6H11NO/c1-2-3-4-7-5-6(7)8/h2-5H2,1H3. The summed E-state index contributed by atoms with van der Waals surface area (Å²) in [5.41, 5.74) is 0. The highest BCUT2D eigenvalue weighted by Gasteiger charge is 2.27. The van der Waals surface area contributed by atoms with E-state index < -0.39 is 0 Å². The Labute approximate surface area is 49.5 Å². The summed E-state index contributed by atoms with van der Waals surface area (Å²) in [6.07, 6.45) is 2.34. The van der Waals surface area contributed by atoms with Gasteiger partial charge in [0, 0.05) is 6.54 Å². The summed E-state index contributed by atoms with van der Waals surface area (Å²) >= 11 is 0. The molecule has 0 aromatic rings. The molecule has 2 nitrogen and oxygen atoms in total. The molecule has 1 fully saturated rings. The Balaban J connectivity index is 1.97. The van der Waals surface area contributed by atoms with Crippen molar-refractivity contribution in [3.63, 3.8) is 0 Å². The van der Waals surface area contributed by atoms with E-state index >= 15 is 0 Å². The molecule has 1 saturated heterocycles. The van der Waals surface area contributed by atoms with E-state index in [0.717, 1.165) is 13.0 Å². The van der Waals surface area contributed by atoms with Crippen molar-refractivity contribution in [3.05, 3.63) is 0 Å². The average Bonchev–Trinajstić information content (AvgIpc) is 2.42. The molecule has 2 heteroatoms. The Hall–Kier alpha value is -0.530. The third-order valence-corrected chi connectivity index (χ3v) is 1.36. The van der Waals surface area contributed by atoms with Gasteiger partial charge in [-0.3, -0.25) is 4.79 Å². The molecule has 0 aromatic heterocycles. The molecular weight excluding hydrogens is 102 g/mol. The SMILES string of the molecule is CCCCN1CC1=O. The minimum absolute atomic E-state index is 0.318. The molecule has 0 aromatic carbocycles. The normalized spacial score (nSPS) is 17.1. The van der Waals surface area contributed by atoms with Gasteiger partial charge in [-0.15, -0.1) is 0 Å². The maximum atomic E-state index is 10.3. The van der Waals surface area contributed by atoms with Gasteiger partial charge in [-0.1, -0.05) is 13.3 Å². The van der Waals surface area contributed by atoms with E-state index in [0.29, 0.717) is 12.5 Å². The monoisotopic (exact) mass is 113 g/mol. The summed E-state index contributed by atoms with van der Waals surface area (Å²) in [5.74, 6) is 0.318. The lowest BCUT2D eigenvalue weighted by atomic mass is 10.3. The van der Waals surface area contributed by atoms with Gasteiger partial charge in [0.2, 0.25) is 5.91 Å².